The minimum absolute atomic E-state index is 0.304. The number of ether oxygens (including phenoxy) is 2. The van der Waals surface area contributed by atoms with Gasteiger partial charge in [-0.2, -0.15) is 4.98 Å². The topological polar surface area (TPSA) is 86.6 Å². The first-order chi connectivity index (χ1) is 10.0. The van der Waals surface area contributed by atoms with Gasteiger partial charge in [0.25, 0.3) is 5.89 Å². The second-order valence-electron chi connectivity index (χ2n) is 4.89. The summed E-state index contributed by atoms with van der Waals surface area (Å²) in [5.74, 6) is 2.14. The van der Waals surface area contributed by atoms with Gasteiger partial charge in [-0.25, -0.2) is 0 Å². The average molecular weight is 292 g/mol. The molecular weight excluding hydrogens is 272 g/mol. The van der Waals surface area contributed by atoms with Crippen LogP contribution in [-0.2, 0) is 0 Å². The molecule has 1 unspecified atom stereocenters. The van der Waals surface area contributed by atoms with Crippen LogP contribution in [0.4, 0.5) is 0 Å². The van der Waals surface area contributed by atoms with Crippen LogP contribution in [0.15, 0.2) is 22.7 Å². The van der Waals surface area contributed by atoms with E-state index in [2.05, 4.69) is 10.1 Å². The lowest BCUT2D eigenvalue weighted by Gasteiger charge is -2.12. The van der Waals surface area contributed by atoms with Gasteiger partial charge in [0.2, 0.25) is 0 Å². The van der Waals surface area contributed by atoms with Crippen LogP contribution in [0, 0.1) is 0 Å². The number of hydrogen-bond donors (Lipinski definition) is 1. The van der Waals surface area contributed by atoms with Crippen LogP contribution in [0.2, 0.25) is 0 Å². The quantitative estimate of drug-likeness (QED) is 0.859. The van der Waals surface area contributed by atoms with E-state index < -0.39 is 0 Å². The van der Waals surface area contributed by atoms with Gasteiger partial charge < -0.3 is 24.6 Å². The lowest BCUT2D eigenvalue weighted by molar-refractivity contribution is 0.356. The number of aromatic nitrogens is 2. The van der Waals surface area contributed by atoms with Crippen LogP contribution in [0.25, 0.3) is 11.5 Å². The van der Waals surface area contributed by atoms with Crippen molar-refractivity contribution in [1.29, 1.82) is 0 Å². The number of rotatable bonds is 6. The highest BCUT2D eigenvalue weighted by molar-refractivity contribution is 5.64. The molecule has 0 aliphatic carbocycles. The Hall–Kier alpha value is -2.12. The molecule has 0 fully saturated rings. The van der Waals surface area contributed by atoms with Gasteiger partial charge in [-0.1, -0.05) is 5.16 Å². The number of benzene rings is 1. The van der Waals surface area contributed by atoms with Gasteiger partial charge in [0.15, 0.2) is 5.82 Å². The summed E-state index contributed by atoms with van der Waals surface area (Å²) in [5.41, 5.74) is 6.73. The van der Waals surface area contributed by atoms with Crippen molar-refractivity contribution in [1.82, 2.24) is 15.0 Å². The van der Waals surface area contributed by atoms with Crippen LogP contribution in [0.5, 0.6) is 11.5 Å². The molecule has 0 aliphatic heterocycles. The van der Waals surface area contributed by atoms with Gasteiger partial charge in [-0.15, -0.1) is 0 Å². The average Bonchev–Trinajstić information content (AvgIpc) is 2.95. The molecule has 7 nitrogen and oxygen atoms in total. The minimum Gasteiger partial charge on any atom is -0.497 e. The largest absolute Gasteiger partial charge is 0.497 e. The van der Waals surface area contributed by atoms with Crippen LogP contribution in [0.3, 0.4) is 0 Å². The Labute approximate surface area is 123 Å². The molecule has 21 heavy (non-hydrogen) atoms. The van der Waals surface area contributed by atoms with Gasteiger partial charge in [0.1, 0.15) is 11.5 Å². The number of hydrogen-bond acceptors (Lipinski definition) is 7. The Morgan fingerprint density at radius 1 is 1.29 bits per heavy atom. The summed E-state index contributed by atoms with van der Waals surface area (Å²) >= 11 is 0. The van der Waals surface area contributed by atoms with Gasteiger partial charge in [0, 0.05) is 12.6 Å². The van der Waals surface area contributed by atoms with E-state index in [1.165, 1.54) is 0 Å². The molecule has 0 bridgehead atoms. The predicted molar refractivity (Wildman–Crippen MR) is 78.3 cm³/mol. The molecule has 2 rings (SSSR count). The summed E-state index contributed by atoms with van der Waals surface area (Å²) < 4.78 is 15.8. The monoisotopic (exact) mass is 292 g/mol. The van der Waals surface area contributed by atoms with Crippen LogP contribution >= 0.6 is 0 Å². The minimum atomic E-state index is -0.304. The van der Waals surface area contributed by atoms with E-state index in [0.717, 1.165) is 0 Å². The smallest absolute Gasteiger partial charge is 0.261 e. The molecular formula is C14H20N4O3. The zero-order valence-electron chi connectivity index (χ0n) is 12.7. The number of nitrogens with two attached hydrogens (primary N) is 1. The van der Waals surface area contributed by atoms with Gasteiger partial charge >= 0.3 is 0 Å². The van der Waals surface area contributed by atoms with Crippen LogP contribution in [-0.4, -0.2) is 49.9 Å². The van der Waals surface area contributed by atoms with Gasteiger partial charge in [0.05, 0.1) is 25.8 Å². The summed E-state index contributed by atoms with van der Waals surface area (Å²) in [6, 6.07) is 5.08. The molecule has 1 atom stereocenters. The molecule has 1 aromatic carbocycles. The second kappa shape index (κ2) is 6.55. The second-order valence-corrected chi connectivity index (χ2v) is 4.89. The highest BCUT2D eigenvalue weighted by Gasteiger charge is 2.18. The molecule has 0 aliphatic rings. The molecule has 2 aromatic rings. The maximum Gasteiger partial charge on any atom is 0.261 e. The van der Waals surface area contributed by atoms with Gasteiger partial charge in [-0.3, -0.25) is 0 Å². The first kappa shape index (κ1) is 15.3. The molecule has 2 N–H and O–H groups in total. The summed E-state index contributed by atoms with van der Waals surface area (Å²) in [6.45, 7) is 0.638. The fraction of sp³-hybridized carbons (Fsp3) is 0.429. The molecule has 0 radical (unpaired) electrons. The third kappa shape index (κ3) is 3.50. The Morgan fingerprint density at radius 2 is 2.05 bits per heavy atom. The van der Waals surface area contributed by atoms with Crippen molar-refractivity contribution in [2.45, 2.75) is 6.04 Å². The Morgan fingerprint density at radius 3 is 2.67 bits per heavy atom. The lowest BCUT2D eigenvalue weighted by Crippen LogP contribution is -2.26. The molecule has 0 spiro atoms. The normalized spacial score (nSPS) is 12.5. The van der Waals surface area contributed by atoms with Crippen LogP contribution in [0.1, 0.15) is 11.9 Å². The highest BCUT2D eigenvalue weighted by Crippen LogP contribution is 2.32. The van der Waals surface area contributed by atoms with Crippen molar-refractivity contribution in [3.63, 3.8) is 0 Å². The Kier molecular flexibility index (Phi) is 4.77. The van der Waals surface area contributed by atoms with Gasteiger partial charge in [-0.05, 0) is 26.2 Å². The third-order valence-electron chi connectivity index (χ3n) is 2.97. The summed E-state index contributed by atoms with van der Waals surface area (Å²) in [4.78, 5) is 6.31. The fourth-order valence-corrected chi connectivity index (χ4v) is 1.95. The Bertz CT molecular complexity index is 598. The lowest BCUT2D eigenvalue weighted by atomic mass is 10.2. The van der Waals surface area contributed by atoms with E-state index in [1.54, 1.807) is 20.3 Å². The van der Waals surface area contributed by atoms with E-state index in [0.29, 0.717) is 35.3 Å². The molecule has 1 aromatic heterocycles. The maximum absolute atomic E-state index is 6.03. The number of likely N-dealkylation sites (N-methyl/N-ethyl adjacent to an activating group) is 1. The number of methoxy groups -OCH3 is 2. The maximum atomic E-state index is 6.03. The van der Waals surface area contributed by atoms with Crippen molar-refractivity contribution < 1.29 is 14.0 Å². The zero-order chi connectivity index (χ0) is 15.4. The summed E-state index contributed by atoms with van der Waals surface area (Å²) in [5, 5.41) is 3.94. The molecule has 1 heterocycles. The van der Waals surface area contributed by atoms with E-state index in [9.17, 15) is 0 Å². The fourth-order valence-electron chi connectivity index (χ4n) is 1.95. The first-order valence-electron chi connectivity index (χ1n) is 6.51. The van der Waals surface area contributed by atoms with Crippen molar-refractivity contribution in [2.24, 2.45) is 5.73 Å². The van der Waals surface area contributed by atoms with E-state index >= 15 is 0 Å². The van der Waals surface area contributed by atoms with Crippen molar-refractivity contribution in [3.8, 4) is 23.0 Å². The van der Waals surface area contributed by atoms with E-state index in [-0.39, 0.29) is 6.04 Å². The van der Waals surface area contributed by atoms with Crippen molar-refractivity contribution in [3.05, 3.63) is 24.0 Å². The SMILES string of the molecule is COc1ccc(-c2nc(C(N)CN(C)C)no2)c(OC)c1. The zero-order valence-corrected chi connectivity index (χ0v) is 12.7. The van der Waals surface area contributed by atoms with Crippen LogP contribution < -0.4 is 15.2 Å². The summed E-state index contributed by atoms with van der Waals surface area (Å²) in [7, 11) is 7.05. The molecule has 114 valence electrons. The molecule has 0 saturated carbocycles. The molecule has 7 heteroatoms. The molecule has 0 amide bonds. The predicted octanol–water partition coefficient (Wildman–Crippen LogP) is 1.32. The summed E-state index contributed by atoms with van der Waals surface area (Å²) in [6.07, 6.45) is 0. The Balaban J connectivity index is 2.29. The van der Waals surface area contributed by atoms with E-state index in [1.807, 2.05) is 31.1 Å². The first-order valence-corrected chi connectivity index (χ1v) is 6.51. The van der Waals surface area contributed by atoms with E-state index in [4.69, 9.17) is 19.7 Å². The van der Waals surface area contributed by atoms with Crippen molar-refractivity contribution >= 4 is 0 Å². The highest BCUT2D eigenvalue weighted by atomic mass is 16.5. The standard InChI is InChI=1S/C14H20N4O3/c1-18(2)8-11(15)13-16-14(21-17-13)10-6-5-9(19-3)7-12(10)20-4/h5-7,11H,8,15H2,1-4H3. The van der Waals surface area contributed by atoms with Crippen molar-refractivity contribution in [2.75, 3.05) is 34.9 Å². The third-order valence-corrected chi connectivity index (χ3v) is 2.97. The number of nitrogens with zero attached hydrogens (tertiary/aromatic N) is 3. The molecule has 0 saturated heterocycles.